The van der Waals surface area contributed by atoms with Crippen molar-refractivity contribution < 1.29 is 24.4 Å². The number of fused-ring (bicyclic) bond motifs is 2. The molecule has 0 saturated carbocycles. The minimum absolute atomic E-state index is 0.149. The molecule has 0 spiro atoms. The molecule has 1 amide bonds. The number of amides is 1. The van der Waals surface area contributed by atoms with Gasteiger partial charge in [-0.3, -0.25) is 19.8 Å². The van der Waals surface area contributed by atoms with Crippen molar-refractivity contribution in [2.24, 2.45) is 0 Å². The molecular formula is C14H15N3O6. The van der Waals surface area contributed by atoms with Gasteiger partial charge in [0.15, 0.2) is 6.29 Å². The van der Waals surface area contributed by atoms with E-state index < -0.39 is 11.0 Å². The fourth-order valence-electron chi connectivity index (χ4n) is 3.21. The summed E-state index contributed by atoms with van der Waals surface area (Å²) in [5.41, 5.74) is 0.651. The Kier molecular flexibility index (Phi) is 3.87. The monoisotopic (exact) mass is 321 g/mol. The first-order valence-corrected chi connectivity index (χ1v) is 7.09. The number of hydrogen-bond donors (Lipinski definition) is 1. The van der Waals surface area contributed by atoms with Crippen LogP contribution in [-0.2, 0) is 4.74 Å². The van der Waals surface area contributed by atoms with Gasteiger partial charge in [-0.05, 0) is 6.07 Å². The first-order valence-electron chi connectivity index (χ1n) is 7.09. The molecule has 9 heteroatoms. The zero-order valence-corrected chi connectivity index (χ0v) is 12.1. The molecule has 1 N–H and O–H groups in total. The van der Waals surface area contributed by atoms with Crippen molar-refractivity contribution in [3.63, 3.8) is 0 Å². The Labute approximate surface area is 131 Å². The lowest BCUT2D eigenvalue weighted by Crippen LogP contribution is -2.66. The normalized spacial score (nSPS) is 23.5. The number of anilines is 1. The molecule has 23 heavy (non-hydrogen) atoms. The summed E-state index contributed by atoms with van der Waals surface area (Å²) in [7, 11) is 0. The van der Waals surface area contributed by atoms with Crippen LogP contribution in [-0.4, -0.2) is 65.7 Å². The summed E-state index contributed by atoms with van der Waals surface area (Å²) in [4.78, 5) is 36.2. The number of carboxylic acid groups (broad SMARTS) is 1. The topological polar surface area (TPSA) is 113 Å². The summed E-state index contributed by atoms with van der Waals surface area (Å²) in [6.07, 6.45) is -0.402. The second-order valence-corrected chi connectivity index (χ2v) is 5.56. The zero-order valence-electron chi connectivity index (χ0n) is 12.1. The summed E-state index contributed by atoms with van der Waals surface area (Å²) in [5.74, 6) is 0. The van der Waals surface area contributed by atoms with E-state index in [1.165, 1.54) is 23.1 Å². The van der Waals surface area contributed by atoms with E-state index in [1.54, 1.807) is 0 Å². The molecule has 2 unspecified atom stereocenters. The number of nitro groups is 1. The zero-order chi connectivity index (χ0) is 16.6. The summed E-state index contributed by atoms with van der Waals surface area (Å²) < 4.78 is 5.42. The highest BCUT2D eigenvalue weighted by atomic mass is 16.6. The van der Waals surface area contributed by atoms with E-state index >= 15 is 0 Å². The van der Waals surface area contributed by atoms with Crippen LogP contribution in [0.2, 0.25) is 0 Å². The van der Waals surface area contributed by atoms with Gasteiger partial charge in [0, 0.05) is 36.5 Å². The van der Waals surface area contributed by atoms with Crippen molar-refractivity contribution in [3.05, 3.63) is 33.9 Å². The second kappa shape index (κ2) is 5.84. The van der Waals surface area contributed by atoms with Crippen LogP contribution in [0.15, 0.2) is 18.2 Å². The van der Waals surface area contributed by atoms with E-state index in [1.807, 2.05) is 4.90 Å². The fraction of sp³-hybridized carbons (Fsp3) is 0.429. The minimum atomic E-state index is -0.984. The number of nitro benzene ring substituents is 1. The van der Waals surface area contributed by atoms with Gasteiger partial charge in [-0.25, -0.2) is 4.79 Å². The number of carbonyl (C=O) groups is 2. The van der Waals surface area contributed by atoms with Crippen molar-refractivity contribution in [3.8, 4) is 0 Å². The molecule has 2 bridgehead atoms. The Morgan fingerprint density at radius 2 is 2.00 bits per heavy atom. The number of ether oxygens (including phenoxy) is 1. The molecule has 122 valence electrons. The van der Waals surface area contributed by atoms with Crippen LogP contribution in [0.3, 0.4) is 0 Å². The van der Waals surface area contributed by atoms with E-state index in [4.69, 9.17) is 4.74 Å². The average Bonchev–Trinajstić information content (AvgIpc) is 2.52. The number of carbonyl (C=O) groups excluding carboxylic acids is 1. The molecule has 2 heterocycles. The molecule has 1 aromatic rings. The van der Waals surface area contributed by atoms with Gasteiger partial charge in [0.25, 0.3) is 5.69 Å². The quantitative estimate of drug-likeness (QED) is 0.501. The Bertz CT molecular complexity index is 650. The molecule has 2 atom stereocenters. The number of hydrogen-bond acceptors (Lipinski definition) is 6. The number of morpholine rings is 1. The Morgan fingerprint density at radius 3 is 2.52 bits per heavy atom. The third-order valence-electron chi connectivity index (χ3n) is 4.18. The van der Waals surface area contributed by atoms with Gasteiger partial charge >= 0.3 is 6.09 Å². The molecule has 0 aromatic heterocycles. The largest absolute Gasteiger partial charge is 0.465 e. The highest BCUT2D eigenvalue weighted by Gasteiger charge is 2.41. The fourth-order valence-corrected chi connectivity index (χ4v) is 3.21. The number of rotatable bonds is 3. The van der Waals surface area contributed by atoms with Crippen molar-refractivity contribution in [2.75, 3.05) is 31.2 Å². The number of aldehydes is 1. The highest BCUT2D eigenvalue weighted by Crippen LogP contribution is 2.29. The number of benzene rings is 1. The third kappa shape index (κ3) is 2.70. The van der Waals surface area contributed by atoms with Crippen molar-refractivity contribution in [1.82, 2.24) is 4.90 Å². The molecule has 2 aliphatic rings. The highest BCUT2D eigenvalue weighted by molar-refractivity contribution is 5.86. The molecule has 0 aliphatic carbocycles. The summed E-state index contributed by atoms with van der Waals surface area (Å²) in [6.45, 7) is 1.34. The van der Waals surface area contributed by atoms with E-state index in [0.29, 0.717) is 38.3 Å². The molecule has 3 rings (SSSR count). The van der Waals surface area contributed by atoms with Crippen LogP contribution in [0.1, 0.15) is 10.4 Å². The molecule has 2 saturated heterocycles. The Morgan fingerprint density at radius 1 is 1.35 bits per heavy atom. The molecule has 0 radical (unpaired) electrons. The summed E-state index contributed by atoms with van der Waals surface area (Å²) in [5, 5.41) is 20.1. The van der Waals surface area contributed by atoms with Gasteiger partial charge in [-0.15, -0.1) is 0 Å². The number of piperazine rings is 1. The van der Waals surface area contributed by atoms with Crippen LogP contribution in [0.25, 0.3) is 0 Å². The van der Waals surface area contributed by atoms with Gasteiger partial charge in [0.1, 0.15) is 0 Å². The predicted molar refractivity (Wildman–Crippen MR) is 79.0 cm³/mol. The van der Waals surface area contributed by atoms with Crippen LogP contribution in [0, 0.1) is 10.1 Å². The first-order chi connectivity index (χ1) is 11.0. The van der Waals surface area contributed by atoms with Gasteiger partial charge in [0.2, 0.25) is 0 Å². The first kappa shape index (κ1) is 15.2. The molecule has 9 nitrogen and oxygen atoms in total. The van der Waals surface area contributed by atoms with Crippen molar-refractivity contribution in [2.45, 2.75) is 12.1 Å². The van der Waals surface area contributed by atoms with Gasteiger partial charge < -0.3 is 14.7 Å². The third-order valence-corrected chi connectivity index (χ3v) is 4.18. The molecular weight excluding hydrogens is 306 g/mol. The molecule has 2 fully saturated rings. The number of nitrogens with zero attached hydrogens (tertiary/aromatic N) is 3. The lowest BCUT2D eigenvalue weighted by Gasteiger charge is -2.49. The maximum Gasteiger partial charge on any atom is 0.408 e. The average molecular weight is 321 g/mol. The van der Waals surface area contributed by atoms with Crippen LogP contribution in [0.4, 0.5) is 16.2 Å². The van der Waals surface area contributed by atoms with Gasteiger partial charge in [-0.1, -0.05) is 0 Å². The maximum absolute atomic E-state index is 11.4. The van der Waals surface area contributed by atoms with E-state index in [0.717, 1.165) is 0 Å². The van der Waals surface area contributed by atoms with E-state index in [-0.39, 0.29) is 23.3 Å². The van der Waals surface area contributed by atoms with Gasteiger partial charge in [0.05, 0.1) is 30.2 Å². The summed E-state index contributed by atoms with van der Waals surface area (Å²) in [6, 6.07) is 3.47. The minimum Gasteiger partial charge on any atom is -0.465 e. The van der Waals surface area contributed by atoms with Crippen LogP contribution in [0.5, 0.6) is 0 Å². The lowest BCUT2D eigenvalue weighted by atomic mass is 10.0. The van der Waals surface area contributed by atoms with E-state index in [9.17, 15) is 24.8 Å². The van der Waals surface area contributed by atoms with Gasteiger partial charge in [-0.2, -0.15) is 0 Å². The Balaban J connectivity index is 1.90. The van der Waals surface area contributed by atoms with Crippen molar-refractivity contribution in [1.29, 1.82) is 0 Å². The Hall–Kier alpha value is -2.68. The van der Waals surface area contributed by atoms with E-state index in [2.05, 4.69) is 0 Å². The predicted octanol–water partition coefficient (Wildman–Crippen LogP) is 0.975. The lowest BCUT2D eigenvalue weighted by molar-refractivity contribution is -0.384. The summed E-state index contributed by atoms with van der Waals surface area (Å²) >= 11 is 0. The maximum atomic E-state index is 11.4. The number of non-ortho nitro benzene ring substituents is 1. The second-order valence-electron chi connectivity index (χ2n) is 5.56. The van der Waals surface area contributed by atoms with Crippen molar-refractivity contribution >= 4 is 23.8 Å². The molecule has 2 aliphatic heterocycles. The standard InChI is InChI=1S/C14H15N3O6/c18-6-9-3-10(17(21)22)1-2-13(9)15-4-11-7-23-8-12(5-15)16(11)14(19)20/h1-3,6,11-12H,4-5,7-8H2,(H,19,20). The van der Waals surface area contributed by atoms with Crippen LogP contribution >= 0.6 is 0 Å². The molecule has 1 aromatic carbocycles. The smallest absolute Gasteiger partial charge is 0.408 e. The SMILES string of the molecule is O=Cc1cc([N+](=O)[O-])ccc1N1CC2COCC(C1)N2C(=O)O. The van der Waals surface area contributed by atoms with Crippen LogP contribution < -0.4 is 4.90 Å².